The molecule has 1 saturated heterocycles. The van der Waals surface area contributed by atoms with Crippen LogP contribution < -0.4 is 16.4 Å². The summed E-state index contributed by atoms with van der Waals surface area (Å²) in [4.78, 5) is 42.6. The highest BCUT2D eigenvalue weighted by Crippen LogP contribution is 2.05. The molecule has 1 aromatic rings. The van der Waals surface area contributed by atoms with Gasteiger partial charge in [0, 0.05) is 13.2 Å². The molecule has 0 radical (unpaired) electrons. The monoisotopic (exact) mass is 276 g/mol. The van der Waals surface area contributed by atoms with Crippen molar-refractivity contribution < 1.29 is 14.4 Å². The second-order valence-electron chi connectivity index (χ2n) is 4.07. The van der Waals surface area contributed by atoms with E-state index in [9.17, 15) is 14.4 Å². The number of carbonyl (C=O) groups is 3. The minimum atomic E-state index is -0.687. The van der Waals surface area contributed by atoms with E-state index in [1.165, 1.54) is 23.2 Å². The number of anilines is 1. The highest BCUT2D eigenvalue weighted by Gasteiger charge is 2.22. The van der Waals surface area contributed by atoms with Crippen molar-refractivity contribution in [3.8, 4) is 0 Å². The van der Waals surface area contributed by atoms with Gasteiger partial charge in [0.25, 0.3) is 0 Å². The van der Waals surface area contributed by atoms with E-state index in [1.807, 2.05) is 0 Å². The number of nitrogens with zero attached hydrogens (tertiary/aromatic N) is 3. The third-order valence-corrected chi connectivity index (χ3v) is 2.48. The van der Waals surface area contributed by atoms with Gasteiger partial charge in [0.1, 0.15) is 5.82 Å². The van der Waals surface area contributed by atoms with E-state index in [0.717, 1.165) is 0 Å². The number of aliphatic imine (C=N–C) groups is 1. The quantitative estimate of drug-likeness (QED) is 0.646. The SMILES string of the molecule is CN1CC(=O)NC1=NC(=O)Nc1ccc(C(N)=O)cn1. The first-order valence-electron chi connectivity index (χ1n) is 5.62. The van der Waals surface area contributed by atoms with Crippen molar-refractivity contribution >= 4 is 29.6 Å². The zero-order chi connectivity index (χ0) is 14.7. The minimum Gasteiger partial charge on any atom is -0.366 e. The number of amides is 4. The van der Waals surface area contributed by atoms with Gasteiger partial charge in [-0.05, 0) is 12.1 Å². The minimum absolute atomic E-state index is 0.150. The zero-order valence-electron chi connectivity index (χ0n) is 10.6. The molecule has 0 atom stereocenters. The van der Waals surface area contributed by atoms with Crippen LogP contribution in [0.4, 0.5) is 10.6 Å². The maximum Gasteiger partial charge on any atom is 0.349 e. The number of rotatable bonds is 2. The van der Waals surface area contributed by atoms with Gasteiger partial charge < -0.3 is 10.6 Å². The molecule has 1 aliphatic heterocycles. The first-order valence-corrected chi connectivity index (χ1v) is 5.62. The van der Waals surface area contributed by atoms with E-state index >= 15 is 0 Å². The molecule has 1 aromatic heterocycles. The van der Waals surface area contributed by atoms with E-state index in [1.54, 1.807) is 7.05 Å². The smallest absolute Gasteiger partial charge is 0.349 e. The lowest BCUT2D eigenvalue weighted by Crippen LogP contribution is -2.29. The van der Waals surface area contributed by atoms with Crippen LogP contribution in [-0.2, 0) is 4.79 Å². The summed E-state index contributed by atoms with van der Waals surface area (Å²) < 4.78 is 0. The molecule has 0 spiro atoms. The number of aromatic nitrogens is 1. The Morgan fingerprint density at radius 1 is 1.50 bits per heavy atom. The number of guanidine groups is 1. The van der Waals surface area contributed by atoms with Crippen LogP contribution in [0.25, 0.3) is 0 Å². The third-order valence-electron chi connectivity index (χ3n) is 2.48. The van der Waals surface area contributed by atoms with Crippen molar-refractivity contribution in [1.82, 2.24) is 15.2 Å². The van der Waals surface area contributed by atoms with E-state index in [2.05, 4.69) is 20.6 Å². The second kappa shape index (κ2) is 5.34. The summed E-state index contributed by atoms with van der Waals surface area (Å²) >= 11 is 0. The fourth-order valence-corrected chi connectivity index (χ4v) is 1.51. The van der Waals surface area contributed by atoms with Gasteiger partial charge in [-0.1, -0.05) is 0 Å². The molecule has 104 valence electrons. The number of hydrogen-bond acceptors (Lipinski definition) is 4. The molecular formula is C11H12N6O3. The molecule has 0 aliphatic carbocycles. The Kier molecular flexibility index (Phi) is 3.60. The molecule has 20 heavy (non-hydrogen) atoms. The molecule has 0 saturated carbocycles. The number of pyridine rings is 1. The molecule has 9 heteroatoms. The lowest BCUT2D eigenvalue weighted by atomic mass is 10.3. The summed E-state index contributed by atoms with van der Waals surface area (Å²) in [5, 5.41) is 4.84. The summed E-state index contributed by atoms with van der Waals surface area (Å²) in [6.45, 7) is 0.150. The van der Waals surface area contributed by atoms with Crippen molar-refractivity contribution in [2.45, 2.75) is 0 Å². The van der Waals surface area contributed by atoms with Crippen molar-refractivity contribution in [3.05, 3.63) is 23.9 Å². The molecule has 1 fully saturated rings. The van der Waals surface area contributed by atoms with Gasteiger partial charge in [-0.15, -0.1) is 0 Å². The second-order valence-corrected chi connectivity index (χ2v) is 4.07. The Bertz CT molecular complexity index is 595. The van der Waals surface area contributed by atoms with Crippen LogP contribution in [0.1, 0.15) is 10.4 Å². The molecular weight excluding hydrogens is 264 g/mol. The van der Waals surface area contributed by atoms with Crippen LogP contribution in [0.2, 0.25) is 0 Å². The van der Waals surface area contributed by atoms with Crippen molar-refractivity contribution in [2.75, 3.05) is 18.9 Å². The van der Waals surface area contributed by atoms with Crippen LogP contribution >= 0.6 is 0 Å². The lowest BCUT2D eigenvalue weighted by molar-refractivity contribution is -0.118. The van der Waals surface area contributed by atoms with Crippen LogP contribution in [0.5, 0.6) is 0 Å². The van der Waals surface area contributed by atoms with Crippen molar-refractivity contribution in [3.63, 3.8) is 0 Å². The molecule has 0 unspecified atom stereocenters. The largest absolute Gasteiger partial charge is 0.366 e. The molecule has 0 aromatic carbocycles. The van der Waals surface area contributed by atoms with E-state index < -0.39 is 11.9 Å². The number of carbonyl (C=O) groups excluding carboxylic acids is 3. The van der Waals surface area contributed by atoms with Crippen LogP contribution in [0.15, 0.2) is 23.3 Å². The highest BCUT2D eigenvalue weighted by atomic mass is 16.2. The van der Waals surface area contributed by atoms with Gasteiger partial charge in [0.2, 0.25) is 17.8 Å². The topological polar surface area (TPSA) is 130 Å². The van der Waals surface area contributed by atoms with Gasteiger partial charge in [-0.2, -0.15) is 4.99 Å². The van der Waals surface area contributed by atoms with Crippen LogP contribution in [-0.4, -0.2) is 47.3 Å². The predicted molar refractivity (Wildman–Crippen MR) is 70.0 cm³/mol. The van der Waals surface area contributed by atoms with E-state index in [0.29, 0.717) is 0 Å². The average molecular weight is 276 g/mol. The Balaban J connectivity index is 2.03. The molecule has 2 rings (SSSR count). The van der Waals surface area contributed by atoms with Gasteiger partial charge >= 0.3 is 6.03 Å². The fraction of sp³-hybridized carbons (Fsp3) is 0.182. The van der Waals surface area contributed by atoms with Gasteiger partial charge in [0.15, 0.2) is 0 Å². The summed E-state index contributed by atoms with van der Waals surface area (Å²) in [7, 11) is 1.63. The molecule has 4 N–H and O–H groups in total. The number of hydrogen-bond donors (Lipinski definition) is 3. The maximum absolute atomic E-state index is 11.6. The maximum atomic E-state index is 11.6. The molecule has 0 bridgehead atoms. The van der Waals surface area contributed by atoms with E-state index in [-0.39, 0.29) is 29.8 Å². The normalized spacial score (nSPS) is 16.1. The predicted octanol–water partition coefficient (Wildman–Crippen LogP) is -0.870. The van der Waals surface area contributed by atoms with Crippen molar-refractivity contribution in [2.24, 2.45) is 10.7 Å². The van der Waals surface area contributed by atoms with Crippen LogP contribution in [0.3, 0.4) is 0 Å². The van der Waals surface area contributed by atoms with Crippen LogP contribution in [0, 0.1) is 0 Å². The van der Waals surface area contributed by atoms with Gasteiger partial charge in [-0.3, -0.25) is 20.2 Å². The number of nitrogens with two attached hydrogens (primary N) is 1. The molecule has 9 nitrogen and oxygen atoms in total. The Morgan fingerprint density at radius 3 is 2.75 bits per heavy atom. The fourth-order valence-electron chi connectivity index (χ4n) is 1.51. The summed E-state index contributed by atoms with van der Waals surface area (Å²) in [6, 6.07) is 2.17. The lowest BCUT2D eigenvalue weighted by Gasteiger charge is -2.08. The van der Waals surface area contributed by atoms with Gasteiger partial charge in [0.05, 0.1) is 12.1 Å². The molecule has 1 aliphatic rings. The first-order chi connectivity index (χ1) is 9.45. The number of nitrogens with one attached hydrogen (secondary N) is 2. The molecule has 4 amide bonds. The standard InChI is InChI=1S/C11H12N6O3/c1-17-5-8(18)15-10(17)16-11(20)14-7-3-2-6(4-13-7)9(12)19/h2-4H,5H2,1H3,(H2,12,19)(H2,13,14,15,16,18,20). The van der Waals surface area contributed by atoms with Gasteiger partial charge in [-0.25, -0.2) is 9.78 Å². The summed E-state index contributed by atoms with van der Waals surface area (Å²) in [6.07, 6.45) is 1.24. The highest BCUT2D eigenvalue weighted by molar-refractivity contribution is 6.09. The first kappa shape index (κ1) is 13.5. The number of primary amides is 1. The zero-order valence-corrected chi connectivity index (χ0v) is 10.6. The summed E-state index contributed by atoms with van der Waals surface area (Å²) in [5.41, 5.74) is 5.30. The summed E-state index contributed by atoms with van der Waals surface area (Å²) in [5.74, 6) is -0.452. The Morgan fingerprint density at radius 2 is 2.25 bits per heavy atom. The average Bonchev–Trinajstić information content (AvgIpc) is 2.68. The third kappa shape index (κ3) is 3.07. The Labute approximate surface area is 113 Å². The number of urea groups is 1. The molecule has 2 heterocycles. The van der Waals surface area contributed by atoms with Crippen molar-refractivity contribution in [1.29, 1.82) is 0 Å². The van der Waals surface area contributed by atoms with E-state index in [4.69, 9.17) is 5.73 Å². The number of likely N-dealkylation sites (N-methyl/N-ethyl adjacent to an activating group) is 1. The Hall–Kier alpha value is -2.97.